The highest BCUT2D eigenvalue weighted by atomic mass is 19.4. The van der Waals surface area contributed by atoms with Crippen LogP contribution in [0.2, 0.25) is 0 Å². The van der Waals surface area contributed by atoms with Crippen LogP contribution in [-0.4, -0.2) is 22.1 Å². The third-order valence-electron chi connectivity index (χ3n) is 5.73. The molecule has 10 heteroatoms. The van der Waals surface area contributed by atoms with E-state index in [-0.39, 0.29) is 5.95 Å². The van der Waals surface area contributed by atoms with E-state index in [0.717, 1.165) is 17.7 Å². The van der Waals surface area contributed by atoms with Gasteiger partial charge in [-0.1, -0.05) is 24.3 Å². The summed E-state index contributed by atoms with van der Waals surface area (Å²) < 4.78 is 44.9. The molecule has 5 rings (SSSR count). The molecule has 0 spiro atoms. The van der Waals surface area contributed by atoms with Crippen LogP contribution in [0, 0.1) is 0 Å². The zero-order valence-corrected chi connectivity index (χ0v) is 19.5. The summed E-state index contributed by atoms with van der Waals surface area (Å²) in [5.74, 6) is 1.19. The van der Waals surface area contributed by atoms with Crippen molar-refractivity contribution in [1.29, 1.82) is 0 Å². The quantitative estimate of drug-likeness (QED) is 0.259. The summed E-state index contributed by atoms with van der Waals surface area (Å²) in [5.41, 5.74) is 15.1. The number of ether oxygens (including phenoxy) is 1. The molecule has 5 N–H and O–H groups in total. The van der Waals surface area contributed by atoms with E-state index in [1.807, 2.05) is 24.3 Å². The smallest absolute Gasteiger partial charge is 0.416 e. The fraction of sp³-hybridized carbons (Fsp3) is 0.0741. The van der Waals surface area contributed by atoms with Crippen LogP contribution in [0.5, 0.6) is 5.75 Å². The zero-order valence-electron chi connectivity index (χ0n) is 19.5. The Kier molecular flexibility index (Phi) is 6.00. The van der Waals surface area contributed by atoms with Gasteiger partial charge < -0.3 is 21.5 Å². The van der Waals surface area contributed by atoms with Crippen LogP contribution in [0.25, 0.3) is 33.4 Å². The highest BCUT2D eigenvalue weighted by Crippen LogP contribution is 2.34. The lowest BCUT2D eigenvalue weighted by Crippen LogP contribution is -2.04. The van der Waals surface area contributed by atoms with Crippen molar-refractivity contribution in [2.45, 2.75) is 6.18 Å². The minimum absolute atomic E-state index is 0.0820. The number of alkyl halides is 3. The number of nitrogen functional groups attached to an aromatic ring is 2. The van der Waals surface area contributed by atoms with Crippen molar-refractivity contribution in [3.05, 3.63) is 84.4 Å². The van der Waals surface area contributed by atoms with Crippen LogP contribution in [0.1, 0.15) is 5.56 Å². The Morgan fingerprint density at radius 2 is 1.62 bits per heavy atom. The van der Waals surface area contributed by atoms with Crippen molar-refractivity contribution in [1.82, 2.24) is 15.0 Å². The first-order valence-electron chi connectivity index (χ1n) is 11.1. The number of rotatable bonds is 5. The van der Waals surface area contributed by atoms with Gasteiger partial charge in [-0.15, -0.1) is 0 Å². The monoisotopic (exact) mass is 502 g/mol. The van der Waals surface area contributed by atoms with E-state index in [9.17, 15) is 13.2 Å². The van der Waals surface area contributed by atoms with E-state index in [1.54, 1.807) is 43.5 Å². The van der Waals surface area contributed by atoms with Gasteiger partial charge in [0.1, 0.15) is 11.6 Å². The minimum Gasteiger partial charge on any atom is -0.496 e. The van der Waals surface area contributed by atoms with E-state index < -0.39 is 11.7 Å². The molecule has 0 radical (unpaired) electrons. The van der Waals surface area contributed by atoms with Crippen LogP contribution in [0.4, 0.5) is 36.3 Å². The number of anilines is 4. The van der Waals surface area contributed by atoms with Gasteiger partial charge in [-0.25, -0.2) is 9.97 Å². The second kappa shape index (κ2) is 9.30. The van der Waals surface area contributed by atoms with E-state index >= 15 is 0 Å². The molecule has 2 heterocycles. The van der Waals surface area contributed by atoms with Crippen LogP contribution in [0.3, 0.4) is 0 Å². The van der Waals surface area contributed by atoms with Crippen LogP contribution in [0.15, 0.2) is 78.9 Å². The summed E-state index contributed by atoms with van der Waals surface area (Å²) >= 11 is 0. The number of halogens is 3. The van der Waals surface area contributed by atoms with Crippen LogP contribution in [-0.2, 0) is 6.18 Å². The lowest BCUT2D eigenvalue weighted by atomic mass is 10.0. The first-order chi connectivity index (χ1) is 17.7. The average Bonchev–Trinajstić information content (AvgIpc) is 2.88. The molecular weight excluding hydrogens is 481 g/mol. The Labute approximate surface area is 210 Å². The van der Waals surface area contributed by atoms with Crippen molar-refractivity contribution in [3.8, 4) is 28.3 Å². The largest absolute Gasteiger partial charge is 0.496 e. The SMILES string of the molecule is COc1ccccc1-c1cc(Nc2ccc3nc(-c4cccc(C(F)(F)F)c4)cc(N)c3c2)nc(N)n1. The van der Waals surface area contributed by atoms with Gasteiger partial charge >= 0.3 is 6.18 Å². The Balaban J connectivity index is 1.48. The molecule has 7 nitrogen and oxygen atoms in total. The molecule has 0 aliphatic carbocycles. The fourth-order valence-electron chi connectivity index (χ4n) is 4.00. The van der Waals surface area contributed by atoms with Crippen molar-refractivity contribution in [2.24, 2.45) is 0 Å². The normalized spacial score (nSPS) is 11.5. The molecule has 0 aliphatic rings. The van der Waals surface area contributed by atoms with Crippen molar-refractivity contribution < 1.29 is 17.9 Å². The number of benzene rings is 3. The van der Waals surface area contributed by atoms with Gasteiger partial charge in [-0.05, 0) is 48.5 Å². The lowest BCUT2D eigenvalue weighted by molar-refractivity contribution is -0.137. The second-order valence-electron chi connectivity index (χ2n) is 8.23. The summed E-state index contributed by atoms with van der Waals surface area (Å²) in [6.45, 7) is 0. The molecule has 0 saturated heterocycles. The molecule has 0 atom stereocenters. The molecule has 3 aromatic carbocycles. The first-order valence-corrected chi connectivity index (χ1v) is 11.1. The maximum atomic E-state index is 13.1. The molecule has 0 unspecified atom stereocenters. The highest BCUT2D eigenvalue weighted by Gasteiger charge is 2.30. The summed E-state index contributed by atoms with van der Waals surface area (Å²) in [4.78, 5) is 13.1. The Hall–Kier alpha value is -4.86. The summed E-state index contributed by atoms with van der Waals surface area (Å²) in [5, 5.41) is 3.83. The number of aromatic nitrogens is 3. The predicted octanol–water partition coefficient (Wildman–Crippen LogP) is 6.29. The van der Waals surface area contributed by atoms with Gasteiger partial charge in [0.2, 0.25) is 5.95 Å². The third-order valence-corrected chi connectivity index (χ3v) is 5.73. The number of nitrogens with two attached hydrogens (primary N) is 2. The van der Waals surface area contributed by atoms with E-state index in [4.69, 9.17) is 16.2 Å². The Morgan fingerprint density at radius 3 is 2.41 bits per heavy atom. The maximum absolute atomic E-state index is 13.1. The first kappa shape index (κ1) is 23.9. The van der Waals surface area contributed by atoms with Gasteiger partial charge in [0.15, 0.2) is 0 Å². The minimum atomic E-state index is -4.45. The molecule has 5 aromatic rings. The van der Waals surface area contributed by atoms with E-state index in [2.05, 4.69) is 20.3 Å². The molecule has 0 saturated carbocycles. The fourth-order valence-corrected chi connectivity index (χ4v) is 4.00. The van der Waals surface area contributed by atoms with Crippen molar-refractivity contribution in [2.75, 3.05) is 23.9 Å². The summed E-state index contributed by atoms with van der Waals surface area (Å²) in [7, 11) is 1.58. The number of hydrogen-bond acceptors (Lipinski definition) is 7. The highest BCUT2D eigenvalue weighted by molar-refractivity contribution is 5.95. The molecule has 37 heavy (non-hydrogen) atoms. The number of fused-ring (bicyclic) bond motifs is 1. The molecular formula is C27H21F3N6O. The summed E-state index contributed by atoms with van der Waals surface area (Å²) in [6, 6.07) is 21.0. The maximum Gasteiger partial charge on any atom is 0.416 e. The molecule has 0 bridgehead atoms. The predicted molar refractivity (Wildman–Crippen MR) is 138 cm³/mol. The molecule has 0 fully saturated rings. The van der Waals surface area contributed by atoms with Crippen molar-refractivity contribution in [3.63, 3.8) is 0 Å². The van der Waals surface area contributed by atoms with Crippen LogP contribution < -0.4 is 21.5 Å². The number of nitrogens with zero attached hydrogens (tertiary/aromatic N) is 3. The van der Waals surface area contributed by atoms with Crippen LogP contribution >= 0.6 is 0 Å². The second-order valence-corrected chi connectivity index (χ2v) is 8.23. The van der Waals surface area contributed by atoms with Gasteiger partial charge in [0, 0.05) is 34.0 Å². The number of hydrogen-bond donors (Lipinski definition) is 3. The average molecular weight is 503 g/mol. The molecule has 2 aromatic heterocycles. The number of nitrogens with one attached hydrogen (secondary N) is 1. The zero-order chi connectivity index (χ0) is 26.2. The number of para-hydroxylation sites is 1. The standard InChI is InChI=1S/C27H21F3N6O/c1-37-24-8-3-2-7-18(24)23-14-25(36-26(32)35-23)33-17-9-10-21-19(12-17)20(31)13-22(34-21)15-5-4-6-16(11-15)27(28,29)30/h2-14H,1H3,(H2,31,34)(H3,32,33,35,36). The van der Waals surface area contributed by atoms with E-state index in [1.165, 1.54) is 6.07 Å². The third kappa shape index (κ3) is 4.94. The topological polar surface area (TPSA) is 112 Å². The van der Waals surface area contributed by atoms with Gasteiger partial charge in [0.25, 0.3) is 0 Å². The lowest BCUT2D eigenvalue weighted by Gasteiger charge is -2.13. The summed E-state index contributed by atoms with van der Waals surface area (Å²) in [6.07, 6.45) is -4.45. The number of pyridine rings is 1. The van der Waals surface area contributed by atoms with E-state index in [0.29, 0.717) is 50.8 Å². The van der Waals surface area contributed by atoms with Crippen molar-refractivity contribution >= 4 is 34.0 Å². The van der Waals surface area contributed by atoms with Gasteiger partial charge in [-0.3, -0.25) is 0 Å². The molecule has 186 valence electrons. The molecule has 0 aliphatic heterocycles. The Bertz CT molecular complexity index is 1620. The Morgan fingerprint density at radius 1 is 0.811 bits per heavy atom. The van der Waals surface area contributed by atoms with Gasteiger partial charge in [-0.2, -0.15) is 18.2 Å². The molecule has 0 amide bonds. The van der Waals surface area contributed by atoms with Gasteiger partial charge in [0.05, 0.1) is 29.6 Å². The number of methoxy groups -OCH3 is 1.